The summed E-state index contributed by atoms with van der Waals surface area (Å²) in [5, 5.41) is 3.97. The molecule has 0 bridgehead atoms. The van der Waals surface area contributed by atoms with Gasteiger partial charge in [-0.1, -0.05) is 0 Å². The molecule has 252 valence electrons. The molecule has 0 amide bonds. The van der Waals surface area contributed by atoms with Crippen LogP contribution in [-0.2, 0) is 16.2 Å². The average molecular weight is 869 g/mol. The fraction of sp³-hybridized carbons (Fsp3) is 0.234. The van der Waals surface area contributed by atoms with E-state index in [2.05, 4.69) is 201 Å². The van der Waals surface area contributed by atoms with Crippen LogP contribution >= 0.6 is 7.92 Å². The first-order valence-electron chi connectivity index (χ1n) is 17.7. The summed E-state index contributed by atoms with van der Waals surface area (Å²) in [6.45, 7) is 18.9. The number of ether oxygens (including phenoxy) is 1. The third kappa shape index (κ3) is 6.63. The van der Waals surface area contributed by atoms with Crippen molar-refractivity contribution >= 4 is 55.4 Å². The summed E-state index contributed by atoms with van der Waals surface area (Å²) in [7, 11) is -0.900. The second-order valence-electron chi connectivity index (χ2n) is 16.0. The quantitative estimate of drug-likeness (QED) is 0.120. The second-order valence-corrected chi connectivity index (χ2v) is 26.7. The Morgan fingerprint density at radius 3 is 1.34 bits per heavy atom. The molecule has 0 N–H and O–H groups in total. The summed E-state index contributed by atoms with van der Waals surface area (Å²) in [5.74, 6) is 2.13. The zero-order valence-electron chi connectivity index (χ0n) is 30.7. The van der Waals surface area contributed by atoms with Crippen LogP contribution in [0.2, 0.25) is 0 Å². The SMILES string of the molecule is CC(C)(C)c1cc(P(c2ccccc2)c2ccccc2)c2c(c1)C(C)(C)c1cc(C(C)(C)C)c[c]([Bi]([c]3ccccc3)[c]3ccccc3)c1O2. The maximum absolute atomic E-state index is 7.63. The van der Waals surface area contributed by atoms with Crippen molar-refractivity contribution in [3.8, 4) is 11.5 Å². The van der Waals surface area contributed by atoms with E-state index in [9.17, 15) is 0 Å². The van der Waals surface area contributed by atoms with Crippen LogP contribution in [0.15, 0.2) is 146 Å². The minimum atomic E-state index is -2.88. The van der Waals surface area contributed by atoms with Crippen LogP contribution in [0.1, 0.15) is 77.6 Å². The molecule has 3 heteroatoms. The van der Waals surface area contributed by atoms with E-state index in [1.807, 2.05) is 0 Å². The van der Waals surface area contributed by atoms with Gasteiger partial charge in [-0.25, -0.2) is 0 Å². The molecule has 0 atom stereocenters. The molecule has 0 aromatic heterocycles. The van der Waals surface area contributed by atoms with Crippen LogP contribution in [0.5, 0.6) is 11.5 Å². The molecular formula is C47H48BiOP. The summed E-state index contributed by atoms with van der Waals surface area (Å²) < 4.78 is 12.0. The molecule has 0 unspecified atom stereocenters. The fourth-order valence-electron chi connectivity index (χ4n) is 6.98. The number of benzene rings is 6. The van der Waals surface area contributed by atoms with E-state index in [1.165, 1.54) is 48.0 Å². The predicted octanol–water partition coefficient (Wildman–Crippen LogP) is 8.99. The van der Waals surface area contributed by atoms with Gasteiger partial charge in [-0.3, -0.25) is 0 Å². The van der Waals surface area contributed by atoms with Crippen molar-refractivity contribution in [2.24, 2.45) is 0 Å². The van der Waals surface area contributed by atoms with E-state index in [0.717, 1.165) is 11.5 Å². The van der Waals surface area contributed by atoms with E-state index in [4.69, 9.17) is 4.74 Å². The van der Waals surface area contributed by atoms with Gasteiger partial charge >= 0.3 is 311 Å². The zero-order chi connectivity index (χ0) is 35.3. The summed E-state index contributed by atoms with van der Waals surface area (Å²) in [6.07, 6.45) is 0. The Bertz CT molecular complexity index is 1880. The molecule has 1 nitrogen and oxygen atoms in total. The van der Waals surface area contributed by atoms with Crippen LogP contribution in [0.25, 0.3) is 0 Å². The monoisotopic (exact) mass is 868 g/mol. The summed E-state index contributed by atoms with van der Waals surface area (Å²) in [5.41, 5.74) is 4.98. The molecular weight excluding hydrogens is 820 g/mol. The second kappa shape index (κ2) is 13.5. The molecule has 0 saturated carbocycles. The van der Waals surface area contributed by atoms with Crippen molar-refractivity contribution in [2.75, 3.05) is 0 Å². The number of hydrogen-bond donors (Lipinski definition) is 0. The Kier molecular flexibility index (Phi) is 9.43. The first-order chi connectivity index (χ1) is 23.8. The Labute approximate surface area is 309 Å². The molecule has 1 aliphatic rings. The van der Waals surface area contributed by atoms with E-state index in [0.29, 0.717) is 0 Å². The molecule has 0 fully saturated rings. The van der Waals surface area contributed by atoms with Gasteiger partial charge in [0.25, 0.3) is 0 Å². The van der Waals surface area contributed by atoms with Gasteiger partial charge in [-0.2, -0.15) is 0 Å². The fourth-order valence-corrected chi connectivity index (χ4v) is 18.9. The molecule has 1 aliphatic heterocycles. The van der Waals surface area contributed by atoms with Gasteiger partial charge in [0, 0.05) is 0 Å². The molecule has 6 aromatic carbocycles. The topological polar surface area (TPSA) is 9.23 Å². The molecule has 0 aliphatic carbocycles. The van der Waals surface area contributed by atoms with Crippen LogP contribution in [0, 0.1) is 0 Å². The molecule has 1 heterocycles. The van der Waals surface area contributed by atoms with Gasteiger partial charge in [-0.15, -0.1) is 0 Å². The Morgan fingerprint density at radius 1 is 0.500 bits per heavy atom. The first-order valence-corrected chi connectivity index (χ1v) is 24.3. The predicted molar refractivity (Wildman–Crippen MR) is 219 cm³/mol. The summed E-state index contributed by atoms with van der Waals surface area (Å²) in [6, 6.07) is 54.6. The van der Waals surface area contributed by atoms with Gasteiger partial charge in [-0.05, 0) is 0 Å². The van der Waals surface area contributed by atoms with E-state index >= 15 is 0 Å². The van der Waals surface area contributed by atoms with Crippen molar-refractivity contribution in [2.45, 2.75) is 71.6 Å². The Morgan fingerprint density at radius 2 is 0.900 bits per heavy atom. The van der Waals surface area contributed by atoms with Crippen molar-refractivity contribution in [1.82, 2.24) is 0 Å². The minimum absolute atomic E-state index is 0.0176. The number of hydrogen-bond acceptors (Lipinski definition) is 1. The molecule has 0 saturated heterocycles. The summed E-state index contributed by atoms with van der Waals surface area (Å²) in [4.78, 5) is 0. The van der Waals surface area contributed by atoms with Crippen LogP contribution in [-0.4, -0.2) is 21.8 Å². The summed E-state index contributed by atoms with van der Waals surface area (Å²) >= 11 is -2.88. The number of rotatable bonds is 6. The van der Waals surface area contributed by atoms with Gasteiger partial charge in [0.1, 0.15) is 0 Å². The van der Waals surface area contributed by atoms with Gasteiger partial charge in [0.2, 0.25) is 0 Å². The van der Waals surface area contributed by atoms with E-state index in [1.54, 1.807) is 0 Å². The third-order valence-corrected chi connectivity index (χ3v) is 21.9. The molecule has 7 rings (SSSR count). The van der Waals surface area contributed by atoms with Crippen molar-refractivity contribution in [3.63, 3.8) is 0 Å². The van der Waals surface area contributed by atoms with Gasteiger partial charge < -0.3 is 0 Å². The van der Waals surface area contributed by atoms with Crippen LogP contribution in [0.3, 0.4) is 0 Å². The van der Waals surface area contributed by atoms with Crippen molar-refractivity contribution in [3.05, 3.63) is 168 Å². The molecule has 0 spiro atoms. The van der Waals surface area contributed by atoms with Crippen LogP contribution in [0.4, 0.5) is 0 Å². The molecule has 6 aromatic rings. The molecule has 50 heavy (non-hydrogen) atoms. The Balaban J connectivity index is 1.57. The van der Waals surface area contributed by atoms with Gasteiger partial charge in [0.15, 0.2) is 0 Å². The normalized spacial score (nSPS) is 13.9. The standard InChI is InChI=1S/C35H38OP.2C6H5.Bi/c1-33(2,3)24-19-20-30-28(21-24)35(7,8)29-22-25(34(4,5)6)23-31(32(29)36-30)37(26-15-11-9-12-16-26)27-17-13-10-14-18-27;2*1-2-4-6-5-3-1;/h9-19,21-23H,1-8H3;2*1-5H;. The van der Waals surface area contributed by atoms with Crippen molar-refractivity contribution in [1.29, 1.82) is 0 Å². The number of fused-ring (bicyclic) bond motifs is 2. The van der Waals surface area contributed by atoms with Crippen molar-refractivity contribution < 1.29 is 4.74 Å². The zero-order valence-corrected chi connectivity index (χ0v) is 35.0. The average Bonchev–Trinajstić information content (AvgIpc) is 3.10. The Hall–Kier alpha value is -3.57. The molecule has 0 radical (unpaired) electrons. The third-order valence-electron chi connectivity index (χ3n) is 9.96. The maximum atomic E-state index is 7.63. The first kappa shape index (κ1) is 34.9. The van der Waals surface area contributed by atoms with E-state index < -0.39 is 29.7 Å². The van der Waals surface area contributed by atoms with Gasteiger partial charge in [0.05, 0.1) is 0 Å². The van der Waals surface area contributed by atoms with E-state index in [-0.39, 0.29) is 16.2 Å². The van der Waals surface area contributed by atoms with Crippen LogP contribution < -0.4 is 30.5 Å².